The molecule has 31 heavy (non-hydrogen) atoms. The zero-order valence-corrected chi connectivity index (χ0v) is 17.0. The van der Waals surface area contributed by atoms with Crippen LogP contribution < -0.4 is 0 Å². The minimum Gasteiger partial charge on any atom is -0.335 e. The second-order valence-electron chi connectivity index (χ2n) is 8.08. The van der Waals surface area contributed by atoms with Crippen molar-refractivity contribution >= 4 is 21.9 Å². The van der Waals surface area contributed by atoms with E-state index in [1.54, 1.807) is 12.4 Å². The Hall–Kier alpha value is -3.65. The highest BCUT2D eigenvalue weighted by molar-refractivity contribution is 5.94. The fourth-order valence-corrected chi connectivity index (χ4v) is 4.31. The maximum absolute atomic E-state index is 4.67. The van der Waals surface area contributed by atoms with Crippen molar-refractivity contribution in [3.8, 4) is 22.8 Å². The van der Waals surface area contributed by atoms with Gasteiger partial charge in [-0.3, -0.25) is 25.0 Å². The van der Waals surface area contributed by atoms with Crippen LogP contribution in [0, 0.1) is 0 Å². The molecule has 0 unspecified atom stereocenters. The summed E-state index contributed by atoms with van der Waals surface area (Å²) in [5.74, 6) is 0.711. The molecule has 6 heterocycles. The van der Waals surface area contributed by atoms with Gasteiger partial charge >= 0.3 is 0 Å². The smallest absolute Gasteiger partial charge is 0.159 e. The Labute approximate surface area is 178 Å². The van der Waals surface area contributed by atoms with Gasteiger partial charge in [0, 0.05) is 36.1 Å². The van der Waals surface area contributed by atoms with Gasteiger partial charge in [0.25, 0.3) is 0 Å². The standard InChI is InChI=1S/C23H22N8/c1-2-6-31(7-3-1)14-15-8-16(11-25-10-15)19-9-17-20(13-26-19)29-30-22(17)23-27-18-4-5-24-12-21(18)28-23/h4-5,8-13H,1-3,6-7,14H2,(H,27,28)(H,29,30). The van der Waals surface area contributed by atoms with Crippen molar-refractivity contribution in [2.45, 2.75) is 25.8 Å². The third-order valence-electron chi connectivity index (χ3n) is 5.90. The Bertz CT molecular complexity index is 1330. The van der Waals surface area contributed by atoms with Crippen molar-refractivity contribution in [1.29, 1.82) is 0 Å². The molecule has 0 spiro atoms. The predicted molar refractivity (Wildman–Crippen MR) is 119 cm³/mol. The number of piperidine rings is 1. The third-order valence-corrected chi connectivity index (χ3v) is 5.90. The summed E-state index contributed by atoms with van der Waals surface area (Å²) in [5, 5.41) is 8.52. The van der Waals surface area contributed by atoms with Gasteiger partial charge in [-0.15, -0.1) is 0 Å². The summed E-state index contributed by atoms with van der Waals surface area (Å²) in [6, 6.07) is 6.14. The van der Waals surface area contributed by atoms with Gasteiger partial charge in [0.05, 0.1) is 34.6 Å². The average molecular weight is 410 g/mol. The van der Waals surface area contributed by atoms with Gasteiger partial charge in [0.15, 0.2) is 5.82 Å². The number of hydrogen-bond acceptors (Lipinski definition) is 6. The third kappa shape index (κ3) is 3.44. The number of nitrogens with one attached hydrogen (secondary N) is 2. The first-order valence-electron chi connectivity index (χ1n) is 10.6. The molecule has 8 heteroatoms. The van der Waals surface area contributed by atoms with Crippen LogP contribution in [0.3, 0.4) is 0 Å². The van der Waals surface area contributed by atoms with E-state index in [1.807, 2.05) is 24.7 Å². The van der Waals surface area contributed by atoms with Crippen LogP contribution in [0.4, 0.5) is 0 Å². The molecule has 0 aromatic carbocycles. The van der Waals surface area contributed by atoms with Crippen molar-refractivity contribution in [3.63, 3.8) is 0 Å². The number of aromatic nitrogens is 7. The molecule has 5 aromatic rings. The topological polar surface area (TPSA) is 99.3 Å². The molecular formula is C23H22N8. The molecule has 154 valence electrons. The largest absolute Gasteiger partial charge is 0.335 e. The molecule has 1 fully saturated rings. The van der Waals surface area contributed by atoms with E-state index < -0.39 is 0 Å². The fourth-order valence-electron chi connectivity index (χ4n) is 4.31. The second kappa shape index (κ2) is 7.55. The van der Waals surface area contributed by atoms with Crippen LogP contribution in [-0.4, -0.2) is 53.1 Å². The van der Waals surface area contributed by atoms with Crippen molar-refractivity contribution in [1.82, 2.24) is 40.0 Å². The minimum atomic E-state index is 0.711. The molecule has 0 bridgehead atoms. The van der Waals surface area contributed by atoms with E-state index in [0.717, 1.165) is 45.4 Å². The molecule has 6 rings (SSSR count). The zero-order valence-electron chi connectivity index (χ0n) is 17.0. The number of hydrogen-bond donors (Lipinski definition) is 2. The fraction of sp³-hybridized carbons (Fsp3) is 0.261. The highest BCUT2D eigenvalue weighted by Gasteiger charge is 2.15. The van der Waals surface area contributed by atoms with Crippen molar-refractivity contribution in [2.24, 2.45) is 0 Å². The first-order valence-corrected chi connectivity index (χ1v) is 10.6. The van der Waals surface area contributed by atoms with Gasteiger partial charge < -0.3 is 4.98 Å². The quantitative estimate of drug-likeness (QED) is 0.465. The second-order valence-corrected chi connectivity index (χ2v) is 8.08. The number of imidazole rings is 1. The molecule has 0 atom stereocenters. The normalized spacial score (nSPS) is 15.1. The van der Waals surface area contributed by atoms with Crippen LogP contribution in [-0.2, 0) is 6.54 Å². The summed E-state index contributed by atoms with van der Waals surface area (Å²) in [6.07, 6.45) is 13.1. The van der Waals surface area contributed by atoms with E-state index in [9.17, 15) is 0 Å². The summed E-state index contributed by atoms with van der Waals surface area (Å²) in [6.45, 7) is 3.27. The van der Waals surface area contributed by atoms with E-state index in [2.05, 4.69) is 52.1 Å². The Morgan fingerprint density at radius 1 is 0.935 bits per heavy atom. The van der Waals surface area contributed by atoms with Gasteiger partial charge in [-0.1, -0.05) is 6.42 Å². The maximum Gasteiger partial charge on any atom is 0.159 e. The molecule has 0 amide bonds. The molecule has 5 aromatic heterocycles. The van der Waals surface area contributed by atoms with Crippen LogP contribution >= 0.6 is 0 Å². The lowest BCUT2D eigenvalue weighted by atomic mass is 10.1. The first kappa shape index (κ1) is 18.1. The highest BCUT2D eigenvalue weighted by Crippen LogP contribution is 2.29. The number of aromatic amines is 2. The Morgan fingerprint density at radius 3 is 2.77 bits per heavy atom. The van der Waals surface area contributed by atoms with Crippen LogP contribution in [0.15, 0.2) is 49.2 Å². The number of likely N-dealkylation sites (tertiary alicyclic amines) is 1. The molecule has 1 saturated heterocycles. The summed E-state index contributed by atoms with van der Waals surface area (Å²) in [4.78, 5) is 23.8. The van der Waals surface area contributed by atoms with Crippen LogP contribution in [0.1, 0.15) is 24.8 Å². The van der Waals surface area contributed by atoms with Crippen molar-refractivity contribution < 1.29 is 0 Å². The lowest BCUT2D eigenvalue weighted by molar-refractivity contribution is 0.220. The molecule has 0 radical (unpaired) electrons. The molecule has 0 saturated carbocycles. The number of nitrogens with zero attached hydrogens (tertiary/aromatic N) is 6. The van der Waals surface area contributed by atoms with E-state index in [4.69, 9.17) is 0 Å². The lowest BCUT2D eigenvalue weighted by Gasteiger charge is -2.26. The number of pyridine rings is 3. The Kier molecular flexibility index (Phi) is 4.42. The van der Waals surface area contributed by atoms with E-state index in [-0.39, 0.29) is 0 Å². The predicted octanol–water partition coefficient (Wildman–Crippen LogP) is 3.94. The molecular weight excluding hydrogens is 388 g/mol. The van der Waals surface area contributed by atoms with Crippen LogP contribution in [0.2, 0.25) is 0 Å². The molecule has 1 aliphatic heterocycles. The van der Waals surface area contributed by atoms with E-state index in [0.29, 0.717) is 5.82 Å². The molecule has 0 aliphatic carbocycles. The molecule has 8 nitrogen and oxygen atoms in total. The van der Waals surface area contributed by atoms with Gasteiger partial charge in [-0.2, -0.15) is 5.10 Å². The Balaban J connectivity index is 1.36. The van der Waals surface area contributed by atoms with Crippen LogP contribution in [0.5, 0.6) is 0 Å². The van der Waals surface area contributed by atoms with E-state index in [1.165, 1.54) is 37.9 Å². The lowest BCUT2D eigenvalue weighted by Crippen LogP contribution is -2.29. The monoisotopic (exact) mass is 410 g/mol. The van der Waals surface area contributed by atoms with Gasteiger partial charge in [0.2, 0.25) is 0 Å². The number of fused-ring (bicyclic) bond motifs is 2. The zero-order chi connectivity index (χ0) is 20.6. The number of rotatable bonds is 4. The summed E-state index contributed by atoms with van der Waals surface area (Å²) in [5.41, 5.74) is 6.50. The maximum atomic E-state index is 4.67. The van der Waals surface area contributed by atoms with Crippen molar-refractivity contribution in [3.05, 3.63) is 54.7 Å². The summed E-state index contributed by atoms with van der Waals surface area (Å²) < 4.78 is 0. The summed E-state index contributed by atoms with van der Waals surface area (Å²) >= 11 is 0. The molecule has 1 aliphatic rings. The van der Waals surface area contributed by atoms with Crippen LogP contribution in [0.25, 0.3) is 44.7 Å². The number of H-pyrrole nitrogens is 2. The van der Waals surface area contributed by atoms with E-state index >= 15 is 0 Å². The molecule has 2 N–H and O–H groups in total. The highest BCUT2D eigenvalue weighted by atomic mass is 15.1. The SMILES string of the molecule is c1cc2nc(-c3n[nH]c4cnc(-c5cncc(CN6CCCCC6)c5)cc34)[nH]c2cn1. The summed E-state index contributed by atoms with van der Waals surface area (Å²) in [7, 11) is 0. The van der Waals surface area contributed by atoms with Crippen molar-refractivity contribution in [2.75, 3.05) is 13.1 Å². The average Bonchev–Trinajstić information content (AvgIpc) is 3.43. The minimum absolute atomic E-state index is 0.711. The van der Waals surface area contributed by atoms with Gasteiger partial charge in [-0.05, 0) is 49.7 Å². The van der Waals surface area contributed by atoms with Gasteiger partial charge in [0.1, 0.15) is 5.69 Å². The Morgan fingerprint density at radius 2 is 1.87 bits per heavy atom. The van der Waals surface area contributed by atoms with Gasteiger partial charge in [-0.25, -0.2) is 4.98 Å². The first-order chi connectivity index (χ1) is 15.3.